The van der Waals surface area contributed by atoms with Crippen LogP contribution in [-0.4, -0.2) is 23.9 Å². The third kappa shape index (κ3) is 3.09. The van der Waals surface area contributed by atoms with Crippen molar-refractivity contribution in [2.45, 2.75) is 38.1 Å². The van der Waals surface area contributed by atoms with E-state index < -0.39 is 0 Å². The molecule has 1 aliphatic carbocycles. The van der Waals surface area contributed by atoms with E-state index in [1.54, 1.807) is 0 Å². The van der Waals surface area contributed by atoms with Gasteiger partial charge in [-0.25, -0.2) is 0 Å². The summed E-state index contributed by atoms with van der Waals surface area (Å²) in [5.74, 6) is 0.143. The van der Waals surface area contributed by atoms with Gasteiger partial charge in [0.05, 0.1) is 0 Å². The van der Waals surface area contributed by atoms with Gasteiger partial charge >= 0.3 is 0 Å². The zero-order valence-corrected chi connectivity index (χ0v) is 11.7. The molecule has 1 amide bonds. The monoisotopic (exact) mass is 295 g/mol. The van der Waals surface area contributed by atoms with Crippen LogP contribution in [0.3, 0.4) is 0 Å². The van der Waals surface area contributed by atoms with Gasteiger partial charge in [-0.2, -0.15) is 0 Å². The SMILES string of the molecule is CN(C(=O)c1ccc(Br)cc1)C1CCCCC1. The highest BCUT2D eigenvalue weighted by Crippen LogP contribution is 2.23. The number of hydrogen-bond donors (Lipinski definition) is 0. The highest BCUT2D eigenvalue weighted by atomic mass is 79.9. The Hall–Kier alpha value is -0.830. The van der Waals surface area contributed by atoms with Gasteiger partial charge < -0.3 is 4.90 Å². The maximum absolute atomic E-state index is 12.3. The molecule has 0 unspecified atom stereocenters. The first-order valence-electron chi connectivity index (χ1n) is 6.21. The van der Waals surface area contributed by atoms with Crippen LogP contribution in [0.15, 0.2) is 28.7 Å². The average molecular weight is 296 g/mol. The topological polar surface area (TPSA) is 20.3 Å². The van der Waals surface area contributed by atoms with Crippen LogP contribution in [0.25, 0.3) is 0 Å². The Labute approximate surface area is 111 Å². The van der Waals surface area contributed by atoms with Gasteiger partial charge in [-0.3, -0.25) is 4.79 Å². The molecule has 0 spiro atoms. The summed E-state index contributed by atoms with van der Waals surface area (Å²) in [7, 11) is 1.93. The Morgan fingerprint density at radius 2 is 1.76 bits per heavy atom. The highest BCUT2D eigenvalue weighted by molar-refractivity contribution is 9.10. The van der Waals surface area contributed by atoms with Crippen molar-refractivity contribution in [1.29, 1.82) is 0 Å². The number of carbonyl (C=O) groups excluding carboxylic acids is 1. The third-order valence-corrected chi connectivity index (χ3v) is 4.06. The first kappa shape index (κ1) is 12.6. The number of nitrogens with zero attached hydrogens (tertiary/aromatic N) is 1. The Morgan fingerprint density at radius 3 is 2.35 bits per heavy atom. The van der Waals surface area contributed by atoms with Gasteiger partial charge in [0.1, 0.15) is 0 Å². The molecule has 0 aromatic heterocycles. The molecule has 0 N–H and O–H groups in total. The third-order valence-electron chi connectivity index (χ3n) is 3.53. The lowest BCUT2D eigenvalue weighted by atomic mass is 9.94. The minimum atomic E-state index is 0.143. The van der Waals surface area contributed by atoms with E-state index in [1.807, 2.05) is 36.2 Å². The van der Waals surface area contributed by atoms with Crippen LogP contribution in [0, 0.1) is 0 Å². The minimum absolute atomic E-state index is 0.143. The molecule has 0 atom stereocenters. The average Bonchev–Trinajstić information content (AvgIpc) is 2.39. The van der Waals surface area contributed by atoms with Crippen LogP contribution in [0.5, 0.6) is 0 Å². The van der Waals surface area contributed by atoms with E-state index in [1.165, 1.54) is 19.3 Å². The van der Waals surface area contributed by atoms with Gasteiger partial charge in [0.25, 0.3) is 5.91 Å². The van der Waals surface area contributed by atoms with Gasteiger partial charge in [-0.15, -0.1) is 0 Å². The zero-order valence-electron chi connectivity index (χ0n) is 10.2. The zero-order chi connectivity index (χ0) is 12.3. The summed E-state index contributed by atoms with van der Waals surface area (Å²) in [6, 6.07) is 8.03. The second kappa shape index (κ2) is 5.67. The number of amides is 1. The van der Waals surface area contributed by atoms with Crippen molar-refractivity contribution < 1.29 is 4.79 Å². The summed E-state index contributed by atoms with van der Waals surface area (Å²) in [5, 5.41) is 0. The van der Waals surface area contributed by atoms with E-state index in [0.29, 0.717) is 6.04 Å². The summed E-state index contributed by atoms with van der Waals surface area (Å²) in [6.07, 6.45) is 6.12. The van der Waals surface area contributed by atoms with Gasteiger partial charge in [0, 0.05) is 23.1 Å². The minimum Gasteiger partial charge on any atom is -0.339 e. The molecule has 17 heavy (non-hydrogen) atoms. The van der Waals surface area contributed by atoms with E-state index in [-0.39, 0.29) is 5.91 Å². The molecule has 2 nitrogen and oxygen atoms in total. The fourth-order valence-electron chi connectivity index (χ4n) is 2.43. The van der Waals surface area contributed by atoms with Crippen molar-refractivity contribution in [2.75, 3.05) is 7.05 Å². The van der Waals surface area contributed by atoms with Crippen LogP contribution in [0.2, 0.25) is 0 Å². The molecular weight excluding hydrogens is 278 g/mol. The number of hydrogen-bond acceptors (Lipinski definition) is 1. The predicted molar refractivity (Wildman–Crippen MR) is 73.1 cm³/mol. The highest BCUT2D eigenvalue weighted by Gasteiger charge is 2.22. The molecule has 1 aromatic carbocycles. The number of halogens is 1. The van der Waals surface area contributed by atoms with E-state index in [2.05, 4.69) is 15.9 Å². The first-order valence-corrected chi connectivity index (χ1v) is 7.00. The van der Waals surface area contributed by atoms with Gasteiger partial charge in [0.15, 0.2) is 0 Å². The quantitative estimate of drug-likeness (QED) is 0.811. The summed E-state index contributed by atoms with van der Waals surface area (Å²) >= 11 is 3.38. The molecule has 0 radical (unpaired) electrons. The van der Waals surface area contributed by atoms with Gasteiger partial charge in [-0.1, -0.05) is 35.2 Å². The van der Waals surface area contributed by atoms with Crippen molar-refractivity contribution in [3.05, 3.63) is 34.3 Å². The molecule has 0 aliphatic heterocycles. The largest absolute Gasteiger partial charge is 0.339 e. The Bertz CT molecular complexity index is 382. The van der Waals surface area contributed by atoms with E-state index in [4.69, 9.17) is 0 Å². The van der Waals surface area contributed by atoms with Crippen molar-refractivity contribution in [3.8, 4) is 0 Å². The number of benzene rings is 1. The van der Waals surface area contributed by atoms with Crippen molar-refractivity contribution in [2.24, 2.45) is 0 Å². The van der Waals surface area contributed by atoms with Crippen LogP contribution < -0.4 is 0 Å². The van der Waals surface area contributed by atoms with Crippen LogP contribution in [0.1, 0.15) is 42.5 Å². The molecule has 0 saturated heterocycles. The van der Waals surface area contributed by atoms with E-state index >= 15 is 0 Å². The second-order valence-electron chi connectivity index (χ2n) is 4.71. The Morgan fingerprint density at radius 1 is 1.18 bits per heavy atom. The standard InChI is InChI=1S/C14H18BrNO/c1-16(13-5-3-2-4-6-13)14(17)11-7-9-12(15)10-8-11/h7-10,13H,2-6H2,1H3. The lowest BCUT2D eigenvalue weighted by Crippen LogP contribution is -2.38. The fraction of sp³-hybridized carbons (Fsp3) is 0.500. The van der Waals surface area contributed by atoms with Crippen molar-refractivity contribution in [3.63, 3.8) is 0 Å². The van der Waals surface area contributed by atoms with Crippen LogP contribution >= 0.6 is 15.9 Å². The lowest BCUT2D eigenvalue weighted by Gasteiger charge is -2.31. The molecule has 1 aliphatic rings. The first-order chi connectivity index (χ1) is 8.18. The molecule has 0 heterocycles. The molecule has 92 valence electrons. The van der Waals surface area contributed by atoms with Crippen LogP contribution in [0.4, 0.5) is 0 Å². The summed E-state index contributed by atoms with van der Waals surface area (Å²) in [5.41, 5.74) is 0.779. The second-order valence-corrected chi connectivity index (χ2v) is 5.63. The molecule has 0 bridgehead atoms. The normalized spacial score (nSPS) is 16.8. The molecule has 1 fully saturated rings. The fourth-order valence-corrected chi connectivity index (χ4v) is 2.69. The maximum atomic E-state index is 12.3. The summed E-state index contributed by atoms with van der Waals surface area (Å²) in [4.78, 5) is 14.2. The summed E-state index contributed by atoms with van der Waals surface area (Å²) in [6.45, 7) is 0. The van der Waals surface area contributed by atoms with Gasteiger partial charge in [-0.05, 0) is 37.1 Å². The number of rotatable bonds is 2. The number of carbonyl (C=O) groups is 1. The van der Waals surface area contributed by atoms with Gasteiger partial charge in [0.2, 0.25) is 0 Å². The lowest BCUT2D eigenvalue weighted by molar-refractivity contribution is 0.0696. The summed E-state index contributed by atoms with van der Waals surface area (Å²) < 4.78 is 1.01. The Balaban J connectivity index is 2.05. The smallest absolute Gasteiger partial charge is 0.253 e. The maximum Gasteiger partial charge on any atom is 0.253 e. The molecule has 2 rings (SSSR count). The molecule has 1 aromatic rings. The molecule has 3 heteroatoms. The van der Waals surface area contributed by atoms with Crippen molar-refractivity contribution in [1.82, 2.24) is 4.90 Å². The van der Waals surface area contributed by atoms with Crippen LogP contribution in [-0.2, 0) is 0 Å². The van der Waals surface area contributed by atoms with E-state index in [9.17, 15) is 4.79 Å². The molecular formula is C14H18BrNO. The molecule has 1 saturated carbocycles. The Kier molecular flexibility index (Phi) is 4.21. The van der Waals surface area contributed by atoms with Crippen molar-refractivity contribution >= 4 is 21.8 Å². The predicted octanol–water partition coefficient (Wildman–Crippen LogP) is 3.85. The van der Waals surface area contributed by atoms with E-state index in [0.717, 1.165) is 22.9 Å².